The van der Waals surface area contributed by atoms with Crippen molar-refractivity contribution >= 4 is 51.4 Å². The van der Waals surface area contributed by atoms with E-state index in [4.69, 9.17) is 9.47 Å². The van der Waals surface area contributed by atoms with Crippen LogP contribution in [-0.2, 0) is 22.4 Å². The lowest BCUT2D eigenvalue weighted by Crippen LogP contribution is -2.36. The first-order valence-electron chi connectivity index (χ1n) is 12.6. The van der Waals surface area contributed by atoms with Crippen LogP contribution in [0.1, 0.15) is 16.7 Å². The number of methoxy groups -OCH3 is 1. The summed E-state index contributed by atoms with van der Waals surface area (Å²) in [5, 5.41) is 3.80. The first-order chi connectivity index (χ1) is 20.1. The molecule has 4 aromatic carbocycles. The number of halogens is 3. The molecule has 214 valence electrons. The van der Waals surface area contributed by atoms with Gasteiger partial charge in [-0.3, -0.25) is 19.3 Å². The van der Waals surface area contributed by atoms with Crippen molar-refractivity contribution in [2.24, 2.45) is 0 Å². The number of carbonyl (C=O) groups is 3. The SMILES string of the molecule is COc1cc(/C=C2\SC(=O)N(CC(=O)Nc3cccc(C(F)(F)F)c3)C2=O)ccc1OCc1cccc2ccccc12. The third-order valence-electron chi connectivity index (χ3n) is 6.40. The third-order valence-corrected chi connectivity index (χ3v) is 7.30. The van der Waals surface area contributed by atoms with Crippen LogP contribution >= 0.6 is 11.8 Å². The van der Waals surface area contributed by atoms with Gasteiger partial charge in [0.25, 0.3) is 11.1 Å². The molecular formula is C31H23F3N2O5S. The van der Waals surface area contributed by atoms with Crippen LogP contribution in [0.4, 0.5) is 23.7 Å². The number of fused-ring (bicyclic) bond motifs is 1. The largest absolute Gasteiger partial charge is 0.493 e. The molecule has 0 aliphatic carbocycles. The Morgan fingerprint density at radius 1 is 0.952 bits per heavy atom. The van der Waals surface area contributed by atoms with Crippen molar-refractivity contribution in [3.63, 3.8) is 0 Å². The quantitative estimate of drug-likeness (QED) is 0.219. The summed E-state index contributed by atoms with van der Waals surface area (Å²) in [5.41, 5.74) is 0.523. The van der Waals surface area contributed by atoms with Gasteiger partial charge in [0.15, 0.2) is 11.5 Å². The van der Waals surface area contributed by atoms with Crippen LogP contribution in [0, 0.1) is 0 Å². The fraction of sp³-hybridized carbons (Fsp3) is 0.129. The molecule has 5 rings (SSSR count). The summed E-state index contributed by atoms with van der Waals surface area (Å²) in [6.07, 6.45) is -3.09. The van der Waals surface area contributed by atoms with Crippen LogP contribution in [0.2, 0.25) is 0 Å². The zero-order chi connectivity index (χ0) is 29.9. The number of thioether (sulfide) groups is 1. The van der Waals surface area contributed by atoms with Crippen molar-refractivity contribution in [2.45, 2.75) is 12.8 Å². The molecule has 1 heterocycles. The molecule has 42 heavy (non-hydrogen) atoms. The van der Waals surface area contributed by atoms with Crippen molar-refractivity contribution in [3.05, 3.63) is 107 Å². The summed E-state index contributed by atoms with van der Waals surface area (Å²) in [6, 6.07) is 23.1. The topological polar surface area (TPSA) is 84.9 Å². The van der Waals surface area contributed by atoms with Crippen LogP contribution < -0.4 is 14.8 Å². The number of ether oxygens (including phenoxy) is 2. The molecule has 0 bridgehead atoms. The first-order valence-corrected chi connectivity index (χ1v) is 13.4. The van der Waals surface area contributed by atoms with Gasteiger partial charge < -0.3 is 14.8 Å². The van der Waals surface area contributed by atoms with E-state index in [9.17, 15) is 27.6 Å². The molecule has 11 heteroatoms. The molecular weight excluding hydrogens is 569 g/mol. The number of imide groups is 1. The minimum absolute atomic E-state index is 0.0818. The molecule has 1 fully saturated rings. The second-order valence-corrected chi connectivity index (χ2v) is 10.2. The maximum Gasteiger partial charge on any atom is 0.416 e. The minimum atomic E-state index is -4.58. The lowest BCUT2D eigenvalue weighted by atomic mass is 10.1. The van der Waals surface area contributed by atoms with Crippen molar-refractivity contribution < 1.29 is 37.0 Å². The van der Waals surface area contributed by atoms with E-state index >= 15 is 0 Å². The van der Waals surface area contributed by atoms with E-state index in [0.717, 1.165) is 39.4 Å². The highest BCUT2D eigenvalue weighted by Gasteiger charge is 2.36. The highest BCUT2D eigenvalue weighted by Crippen LogP contribution is 2.35. The van der Waals surface area contributed by atoms with E-state index in [1.807, 2.05) is 42.5 Å². The number of rotatable bonds is 8. The Labute approximate surface area is 242 Å². The van der Waals surface area contributed by atoms with Crippen LogP contribution in [0.25, 0.3) is 16.8 Å². The van der Waals surface area contributed by atoms with Gasteiger partial charge in [0.1, 0.15) is 13.2 Å². The van der Waals surface area contributed by atoms with Crippen LogP contribution in [-0.4, -0.2) is 35.6 Å². The fourth-order valence-corrected chi connectivity index (χ4v) is 5.21. The zero-order valence-corrected chi connectivity index (χ0v) is 22.9. The molecule has 0 unspecified atom stereocenters. The number of amides is 3. The summed E-state index contributed by atoms with van der Waals surface area (Å²) in [4.78, 5) is 38.7. The molecule has 0 atom stereocenters. The maximum atomic E-state index is 13.0. The summed E-state index contributed by atoms with van der Waals surface area (Å²) in [5.74, 6) is -0.600. The Balaban J connectivity index is 1.25. The Morgan fingerprint density at radius 2 is 1.71 bits per heavy atom. The average Bonchev–Trinajstić information content (AvgIpc) is 3.23. The van der Waals surface area contributed by atoms with Gasteiger partial charge in [-0.2, -0.15) is 13.2 Å². The minimum Gasteiger partial charge on any atom is -0.493 e. The second-order valence-electron chi connectivity index (χ2n) is 9.23. The van der Waals surface area contributed by atoms with Crippen LogP contribution in [0.3, 0.4) is 0 Å². The van der Waals surface area contributed by atoms with Gasteiger partial charge in [-0.05, 0) is 70.1 Å². The molecule has 1 saturated heterocycles. The highest BCUT2D eigenvalue weighted by molar-refractivity contribution is 8.18. The van der Waals surface area contributed by atoms with Gasteiger partial charge in [-0.15, -0.1) is 0 Å². The Morgan fingerprint density at radius 3 is 2.50 bits per heavy atom. The number of alkyl halides is 3. The fourth-order valence-electron chi connectivity index (χ4n) is 4.37. The van der Waals surface area contributed by atoms with Crippen LogP contribution in [0.15, 0.2) is 89.8 Å². The third kappa shape index (κ3) is 6.41. The van der Waals surface area contributed by atoms with Crippen molar-refractivity contribution in [1.29, 1.82) is 0 Å². The normalized spacial score (nSPS) is 14.5. The average molecular weight is 593 g/mol. The standard InChI is InChI=1S/C31H23F3N2O5S/c1-40-26-14-19(12-13-25(26)41-18-21-8-4-7-20-6-2-3-11-24(20)21)15-27-29(38)36(30(39)42-27)17-28(37)35-23-10-5-9-22(16-23)31(32,33)34/h2-16H,17-18H2,1H3,(H,35,37)/b27-15-. The lowest BCUT2D eigenvalue weighted by Gasteiger charge is -2.14. The smallest absolute Gasteiger partial charge is 0.416 e. The predicted molar refractivity (Wildman–Crippen MR) is 154 cm³/mol. The highest BCUT2D eigenvalue weighted by atomic mass is 32.2. The van der Waals surface area contributed by atoms with Crippen LogP contribution in [0.5, 0.6) is 11.5 Å². The number of anilines is 1. The Kier molecular flexibility index (Phi) is 8.21. The summed E-state index contributed by atoms with van der Waals surface area (Å²) in [7, 11) is 1.49. The van der Waals surface area contributed by atoms with Gasteiger partial charge in [0, 0.05) is 5.69 Å². The first kappa shape index (κ1) is 28.7. The monoisotopic (exact) mass is 592 g/mol. The molecule has 0 aromatic heterocycles. The summed E-state index contributed by atoms with van der Waals surface area (Å²) < 4.78 is 50.4. The van der Waals surface area contributed by atoms with E-state index in [-0.39, 0.29) is 10.6 Å². The number of hydrogen-bond donors (Lipinski definition) is 1. The molecule has 0 radical (unpaired) electrons. The van der Waals surface area contributed by atoms with Gasteiger partial charge in [0.05, 0.1) is 17.6 Å². The second kappa shape index (κ2) is 12.0. The molecule has 1 aliphatic rings. The van der Waals surface area contributed by atoms with E-state index < -0.39 is 35.3 Å². The van der Waals surface area contributed by atoms with Gasteiger partial charge in [0.2, 0.25) is 5.91 Å². The molecule has 0 saturated carbocycles. The Hall–Kier alpha value is -4.77. The molecule has 1 aliphatic heterocycles. The number of hydrogen-bond acceptors (Lipinski definition) is 6. The van der Waals surface area contributed by atoms with Crippen molar-refractivity contribution in [1.82, 2.24) is 4.90 Å². The molecule has 1 N–H and O–H groups in total. The molecule has 3 amide bonds. The van der Waals surface area contributed by atoms with Crippen molar-refractivity contribution in [2.75, 3.05) is 19.0 Å². The molecule has 7 nitrogen and oxygen atoms in total. The Bertz CT molecular complexity index is 1720. The van der Waals surface area contributed by atoms with Gasteiger partial charge in [-0.1, -0.05) is 54.6 Å². The number of nitrogens with zero attached hydrogens (tertiary/aromatic N) is 1. The maximum absolute atomic E-state index is 13.0. The lowest BCUT2D eigenvalue weighted by molar-refractivity contribution is -0.137. The van der Waals surface area contributed by atoms with Gasteiger partial charge in [-0.25, -0.2) is 0 Å². The summed E-state index contributed by atoms with van der Waals surface area (Å²) >= 11 is 0.655. The van der Waals surface area contributed by atoms with E-state index in [1.165, 1.54) is 19.3 Å². The molecule has 4 aromatic rings. The van der Waals surface area contributed by atoms with E-state index in [2.05, 4.69) is 5.32 Å². The summed E-state index contributed by atoms with van der Waals surface area (Å²) in [6.45, 7) is -0.346. The van der Waals surface area contributed by atoms with E-state index in [0.29, 0.717) is 35.4 Å². The van der Waals surface area contributed by atoms with Crippen molar-refractivity contribution in [3.8, 4) is 11.5 Å². The molecule has 0 spiro atoms. The number of benzene rings is 4. The van der Waals surface area contributed by atoms with Gasteiger partial charge >= 0.3 is 6.18 Å². The number of nitrogens with one attached hydrogen (secondary N) is 1. The predicted octanol–water partition coefficient (Wildman–Crippen LogP) is 7.12. The van der Waals surface area contributed by atoms with E-state index in [1.54, 1.807) is 18.2 Å². The number of carbonyl (C=O) groups excluding carboxylic acids is 3. The zero-order valence-electron chi connectivity index (χ0n) is 22.1.